The maximum Gasteiger partial charge on any atom is 0.158 e. The summed E-state index contributed by atoms with van der Waals surface area (Å²) in [6, 6.07) is 4.58. The number of piperidine rings is 1. The number of likely N-dealkylation sites (tertiary alicyclic amines) is 1. The number of rotatable bonds is 6. The normalized spacial score (nSPS) is 19.3. The van der Waals surface area contributed by atoms with E-state index in [1.807, 2.05) is 23.0 Å². The van der Waals surface area contributed by atoms with E-state index in [9.17, 15) is 5.11 Å². The van der Waals surface area contributed by atoms with Gasteiger partial charge in [0.1, 0.15) is 12.4 Å². The summed E-state index contributed by atoms with van der Waals surface area (Å²) < 4.78 is 1.96. The Morgan fingerprint density at radius 2 is 2.08 bits per heavy atom. The van der Waals surface area contributed by atoms with Gasteiger partial charge >= 0.3 is 0 Å². The molecule has 1 saturated heterocycles. The van der Waals surface area contributed by atoms with E-state index >= 15 is 0 Å². The van der Waals surface area contributed by atoms with Crippen molar-refractivity contribution in [2.75, 3.05) is 13.1 Å². The molecule has 1 N–H and O–H groups in total. The van der Waals surface area contributed by atoms with Gasteiger partial charge in [-0.05, 0) is 43.9 Å². The Labute approximate surface area is 148 Å². The van der Waals surface area contributed by atoms with Gasteiger partial charge in [-0.3, -0.25) is 4.90 Å². The van der Waals surface area contributed by atoms with Gasteiger partial charge in [0.05, 0.1) is 0 Å². The van der Waals surface area contributed by atoms with E-state index in [1.165, 1.54) is 22.6 Å². The zero-order valence-corrected chi connectivity index (χ0v) is 15.7. The van der Waals surface area contributed by atoms with Crippen molar-refractivity contribution in [3.8, 4) is 0 Å². The number of hydrogen-bond acceptors (Lipinski definition) is 5. The van der Waals surface area contributed by atoms with E-state index < -0.39 is 0 Å². The Morgan fingerprint density at radius 3 is 2.79 bits per heavy atom. The summed E-state index contributed by atoms with van der Waals surface area (Å²) in [4.78, 5) is 5.49. The van der Waals surface area contributed by atoms with Crippen molar-refractivity contribution in [3.63, 3.8) is 0 Å². The molecule has 1 aliphatic rings. The Hall–Kier alpha value is -1.24. The smallest absolute Gasteiger partial charge is 0.158 e. The van der Waals surface area contributed by atoms with Crippen molar-refractivity contribution in [2.45, 2.75) is 52.2 Å². The first-order valence-corrected chi connectivity index (χ1v) is 9.67. The Morgan fingerprint density at radius 1 is 1.29 bits per heavy atom. The summed E-state index contributed by atoms with van der Waals surface area (Å²) in [5.74, 6) is 2.79. The lowest BCUT2D eigenvalue weighted by Gasteiger charge is -2.31. The number of hydrogen-bond donors (Lipinski definition) is 1. The number of aromatic nitrogens is 3. The highest BCUT2D eigenvalue weighted by Crippen LogP contribution is 2.28. The van der Waals surface area contributed by atoms with Gasteiger partial charge in [-0.1, -0.05) is 13.8 Å². The number of aliphatic hydroxyl groups excluding tert-OH is 1. The average Bonchev–Trinajstić information content (AvgIpc) is 3.13. The molecule has 2 aromatic heterocycles. The highest BCUT2D eigenvalue weighted by atomic mass is 32.1. The van der Waals surface area contributed by atoms with Crippen LogP contribution in [0, 0.1) is 5.92 Å². The quantitative estimate of drug-likeness (QED) is 0.872. The number of aliphatic hydroxyl groups is 1. The van der Waals surface area contributed by atoms with Crippen LogP contribution in [0.15, 0.2) is 12.1 Å². The second-order valence-electron chi connectivity index (χ2n) is 7.23. The molecule has 1 atom stereocenters. The molecule has 0 unspecified atom stereocenters. The van der Waals surface area contributed by atoms with Gasteiger partial charge in [0, 0.05) is 35.8 Å². The zero-order valence-electron chi connectivity index (χ0n) is 14.9. The largest absolute Gasteiger partial charge is 0.388 e. The lowest BCUT2D eigenvalue weighted by molar-refractivity contribution is 0.196. The monoisotopic (exact) mass is 348 g/mol. The summed E-state index contributed by atoms with van der Waals surface area (Å²) in [5, 5.41) is 17.7. The topological polar surface area (TPSA) is 54.2 Å². The zero-order chi connectivity index (χ0) is 17.1. The van der Waals surface area contributed by atoms with Gasteiger partial charge < -0.3 is 9.67 Å². The maximum atomic E-state index is 9.31. The van der Waals surface area contributed by atoms with E-state index in [-0.39, 0.29) is 6.61 Å². The summed E-state index contributed by atoms with van der Waals surface area (Å²) in [6.07, 6.45) is 3.52. The van der Waals surface area contributed by atoms with E-state index in [0.717, 1.165) is 31.9 Å². The van der Waals surface area contributed by atoms with Crippen LogP contribution in [0.25, 0.3) is 0 Å². The summed E-state index contributed by atoms with van der Waals surface area (Å²) in [6.45, 7) is 7.71. The van der Waals surface area contributed by atoms with Crippen LogP contribution in [-0.2, 0) is 26.6 Å². The van der Waals surface area contributed by atoms with Gasteiger partial charge in [-0.15, -0.1) is 21.5 Å². The van der Waals surface area contributed by atoms with Crippen LogP contribution >= 0.6 is 11.3 Å². The van der Waals surface area contributed by atoms with Crippen molar-refractivity contribution in [1.29, 1.82) is 0 Å². The van der Waals surface area contributed by atoms with Gasteiger partial charge in [0.2, 0.25) is 0 Å². The first-order valence-electron chi connectivity index (χ1n) is 8.85. The second-order valence-corrected chi connectivity index (χ2v) is 8.48. The van der Waals surface area contributed by atoms with Gasteiger partial charge in [0.25, 0.3) is 0 Å². The molecule has 1 aliphatic heterocycles. The summed E-state index contributed by atoms with van der Waals surface area (Å²) in [7, 11) is 1.96. The molecule has 0 amide bonds. The van der Waals surface area contributed by atoms with E-state index in [2.05, 4.69) is 41.1 Å². The van der Waals surface area contributed by atoms with Crippen molar-refractivity contribution >= 4 is 11.3 Å². The van der Waals surface area contributed by atoms with Crippen LogP contribution in [0.2, 0.25) is 0 Å². The molecule has 1 fully saturated rings. The molecule has 3 heterocycles. The molecule has 0 aliphatic carbocycles. The maximum absolute atomic E-state index is 9.31. The lowest BCUT2D eigenvalue weighted by atomic mass is 9.97. The predicted molar refractivity (Wildman–Crippen MR) is 97.0 cm³/mol. The highest BCUT2D eigenvalue weighted by molar-refractivity contribution is 7.11. The fraction of sp³-hybridized carbons (Fsp3) is 0.667. The van der Waals surface area contributed by atoms with Crippen LogP contribution in [0.3, 0.4) is 0 Å². The first-order chi connectivity index (χ1) is 11.6. The SMILES string of the molecule is CC(C)Cc1ccc(CN2CCC[C@H](c3nnc(CO)n3C)C2)s1. The lowest BCUT2D eigenvalue weighted by Crippen LogP contribution is -2.34. The minimum Gasteiger partial charge on any atom is -0.388 e. The van der Waals surface area contributed by atoms with Crippen molar-refractivity contribution in [2.24, 2.45) is 13.0 Å². The molecule has 0 aromatic carbocycles. The van der Waals surface area contributed by atoms with Crippen LogP contribution < -0.4 is 0 Å². The fourth-order valence-electron chi connectivity index (χ4n) is 3.52. The van der Waals surface area contributed by atoms with Crippen LogP contribution in [0.5, 0.6) is 0 Å². The van der Waals surface area contributed by atoms with E-state index in [4.69, 9.17) is 0 Å². The van der Waals surface area contributed by atoms with Crippen molar-refractivity contribution in [3.05, 3.63) is 33.5 Å². The Kier molecular flexibility index (Phi) is 5.69. The van der Waals surface area contributed by atoms with Gasteiger partial charge in [-0.25, -0.2) is 0 Å². The van der Waals surface area contributed by atoms with Gasteiger partial charge in [-0.2, -0.15) is 0 Å². The highest BCUT2D eigenvalue weighted by Gasteiger charge is 2.26. The summed E-state index contributed by atoms with van der Waals surface area (Å²) >= 11 is 1.95. The molecule has 0 spiro atoms. The van der Waals surface area contributed by atoms with Crippen LogP contribution in [0.1, 0.15) is 54.0 Å². The molecule has 0 radical (unpaired) electrons. The number of nitrogens with zero attached hydrogens (tertiary/aromatic N) is 4. The fourth-order valence-corrected chi connectivity index (χ4v) is 4.79. The van der Waals surface area contributed by atoms with Crippen molar-refractivity contribution in [1.82, 2.24) is 19.7 Å². The molecule has 132 valence electrons. The third-order valence-corrected chi connectivity index (χ3v) is 5.81. The van der Waals surface area contributed by atoms with Crippen LogP contribution in [-0.4, -0.2) is 37.9 Å². The van der Waals surface area contributed by atoms with Gasteiger partial charge in [0.15, 0.2) is 5.82 Å². The average molecular weight is 349 g/mol. The molecular formula is C18H28N4OS. The van der Waals surface area contributed by atoms with Crippen molar-refractivity contribution < 1.29 is 5.11 Å². The molecule has 5 nitrogen and oxygen atoms in total. The molecule has 3 rings (SSSR count). The molecule has 0 saturated carbocycles. The number of thiophene rings is 1. The molecule has 6 heteroatoms. The standard InChI is InChI=1S/C18H28N4OS/c1-13(2)9-15-6-7-16(24-15)11-22-8-4-5-14(10-22)18-20-19-17(12-23)21(18)3/h6-7,13-14,23H,4-5,8-12H2,1-3H3/t14-/m0/s1. The minimum absolute atomic E-state index is 0.0479. The predicted octanol–water partition coefficient (Wildman–Crippen LogP) is 2.95. The first kappa shape index (κ1) is 17.6. The van der Waals surface area contributed by atoms with E-state index in [1.54, 1.807) is 0 Å². The Balaban J connectivity index is 1.63. The third kappa shape index (κ3) is 4.05. The molecular weight excluding hydrogens is 320 g/mol. The second kappa shape index (κ2) is 7.76. The molecule has 2 aromatic rings. The molecule has 0 bridgehead atoms. The third-order valence-electron chi connectivity index (χ3n) is 4.72. The van der Waals surface area contributed by atoms with Crippen LogP contribution in [0.4, 0.5) is 0 Å². The Bertz CT molecular complexity index is 664. The minimum atomic E-state index is -0.0479. The summed E-state index contributed by atoms with van der Waals surface area (Å²) in [5.41, 5.74) is 0. The van der Waals surface area contributed by atoms with E-state index in [0.29, 0.717) is 17.7 Å². The molecule has 24 heavy (non-hydrogen) atoms.